The Morgan fingerprint density at radius 2 is 1.77 bits per heavy atom. The predicted octanol–water partition coefficient (Wildman–Crippen LogP) is 4.56. The van der Waals surface area contributed by atoms with Crippen molar-refractivity contribution < 1.29 is 9.53 Å². The van der Waals surface area contributed by atoms with Gasteiger partial charge in [-0.05, 0) is 49.2 Å². The van der Waals surface area contributed by atoms with E-state index in [1.54, 1.807) is 13.3 Å². The van der Waals surface area contributed by atoms with E-state index in [1.807, 2.05) is 74.5 Å². The van der Waals surface area contributed by atoms with Crippen LogP contribution in [-0.4, -0.2) is 18.0 Å². The van der Waals surface area contributed by atoms with Crippen molar-refractivity contribution in [3.8, 4) is 16.9 Å². The molecule has 3 rings (SSSR count). The van der Waals surface area contributed by atoms with Crippen LogP contribution >= 0.6 is 0 Å². The second kappa shape index (κ2) is 7.83. The first-order valence-corrected chi connectivity index (χ1v) is 8.55. The summed E-state index contributed by atoms with van der Waals surface area (Å²) in [4.78, 5) is 16.9. The monoisotopic (exact) mass is 346 g/mol. The molecule has 1 N–H and O–H groups in total. The highest BCUT2D eigenvalue weighted by Crippen LogP contribution is 2.29. The molecule has 3 aromatic rings. The molecule has 4 nitrogen and oxygen atoms in total. The molecule has 1 heterocycles. The van der Waals surface area contributed by atoms with Crippen LogP contribution in [0.5, 0.6) is 5.75 Å². The SMILES string of the molecule is COc1ccccc1-c1ccc(C(=O)N[C@H](C)c2ccc(C)cn2)cc1. The van der Waals surface area contributed by atoms with Crippen LogP contribution in [0.3, 0.4) is 0 Å². The number of aromatic nitrogens is 1. The standard InChI is InChI=1S/C22H22N2O2/c1-15-8-13-20(23-14-15)16(2)24-22(25)18-11-9-17(10-12-18)19-6-4-5-7-21(19)26-3/h4-14,16H,1-3H3,(H,24,25)/t16-/m1/s1. The third-order valence-corrected chi connectivity index (χ3v) is 4.29. The first-order chi connectivity index (χ1) is 12.6. The van der Waals surface area contributed by atoms with E-state index in [9.17, 15) is 4.79 Å². The van der Waals surface area contributed by atoms with Gasteiger partial charge in [0.1, 0.15) is 5.75 Å². The molecule has 0 saturated carbocycles. The lowest BCUT2D eigenvalue weighted by Gasteiger charge is -2.14. The number of para-hydroxylation sites is 1. The Morgan fingerprint density at radius 1 is 1.04 bits per heavy atom. The zero-order valence-electron chi connectivity index (χ0n) is 15.2. The second-order valence-corrected chi connectivity index (χ2v) is 6.23. The summed E-state index contributed by atoms with van der Waals surface area (Å²) >= 11 is 0. The third-order valence-electron chi connectivity index (χ3n) is 4.29. The van der Waals surface area contributed by atoms with Gasteiger partial charge in [-0.25, -0.2) is 0 Å². The Balaban J connectivity index is 1.73. The maximum atomic E-state index is 12.5. The van der Waals surface area contributed by atoms with Gasteiger partial charge in [0.2, 0.25) is 0 Å². The number of hydrogen-bond donors (Lipinski definition) is 1. The van der Waals surface area contributed by atoms with Gasteiger partial charge < -0.3 is 10.1 Å². The molecule has 2 aromatic carbocycles. The molecule has 1 aromatic heterocycles. The van der Waals surface area contributed by atoms with Gasteiger partial charge >= 0.3 is 0 Å². The van der Waals surface area contributed by atoms with E-state index < -0.39 is 0 Å². The number of amides is 1. The Morgan fingerprint density at radius 3 is 2.42 bits per heavy atom. The van der Waals surface area contributed by atoms with Crippen LogP contribution < -0.4 is 10.1 Å². The zero-order chi connectivity index (χ0) is 18.5. The number of aryl methyl sites for hydroxylation is 1. The van der Waals surface area contributed by atoms with Gasteiger partial charge in [-0.1, -0.05) is 36.4 Å². The number of benzene rings is 2. The fourth-order valence-corrected chi connectivity index (χ4v) is 2.77. The van der Waals surface area contributed by atoms with Crippen molar-refractivity contribution >= 4 is 5.91 Å². The van der Waals surface area contributed by atoms with Crippen molar-refractivity contribution in [1.29, 1.82) is 0 Å². The van der Waals surface area contributed by atoms with Gasteiger partial charge in [0.25, 0.3) is 5.91 Å². The number of ether oxygens (including phenoxy) is 1. The lowest BCUT2D eigenvalue weighted by atomic mass is 10.0. The van der Waals surface area contributed by atoms with Gasteiger partial charge in [-0.15, -0.1) is 0 Å². The van der Waals surface area contributed by atoms with Crippen LogP contribution in [0.15, 0.2) is 66.9 Å². The van der Waals surface area contributed by atoms with Gasteiger partial charge in [0, 0.05) is 17.3 Å². The smallest absolute Gasteiger partial charge is 0.251 e. The van der Waals surface area contributed by atoms with E-state index >= 15 is 0 Å². The molecule has 26 heavy (non-hydrogen) atoms. The van der Waals surface area contributed by atoms with Crippen molar-refractivity contribution in [2.45, 2.75) is 19.9 Å². The molecule has 0 aliphatic carbocycles. The summed E-state index contributed by atoms with van der Waals surface area (Å²) in [6.45, 7) is 3.92. The van der Waals surface area contributed by atoms with E-state index in [2.05, 4.69) is 10.3 Å². The molecule has 1 amide bonds. The molecule has 132 valence electrons. The predicted molar refractivity (Wildman–Crippen MR) is 103 cm³/mol. The van der Waals surface area contributed by atoms with E-state index in [0.29, 0.717) is 5.56 Å². The lowest BCUT2D eigenvalue weighted by molar-refractivity contribution is 0.0939. The average molecular weight is 346 g/mol. The highest BCUT2D eigenvalue weighted by molar-refractivity contribution is 5.95. The summed E-state index contributed by atoms with van der Waals surface area (Å²) in [7, 11) is 1.65. The minimum Gasteiger partial charge on any atom is -0.496 e. The van der Waals surface area contributed by atoms with Gasteiger partial charge in [0.15, 0.2) is 0 Å². The molecule has 4 heteroatoms. The maximum Gasteiger partial charge on any atom is 0.251 e. The highest BCUT2D eigenvalue weighted by Gasteiger charge is 2.13. The van der Waals surface area contributed by atoms with Crippen molar-refractivity contribution in [2.75, 3.05) is 7.11 Å². The van der Waals surface area contributed by atoms with Crippen molar-refractivity contribution in [3.63, 3.8) is 0 Å². The summed E-state index contributed by atoms with van der Waals surface area (Å²) < 4.78 is 5.40. The number of nitrogens with one attached hydrogen (secondary N) is 1. The second-order valence-electron chi connectivity index (χ2n) is 6.23. The Hall–Kier alpha value is -3.14. The van der Waals surface area contributed by atoms with Crippen LogP contribution in [0.1, 0.15) is 34.6 Å². The van der Waals surface area contributed by atoms with Gasteiger partial charge in [-0.2, -0.15) is 0 Å². The van der Waals surface area contributed by atoms with Crippen LogP contribution in [0.25, 0.3) is 11.1 Å². The number of methoxy groups -OCH3 is 1. The number of rotatable bonds is 5. The Labute approximate surface area is 153 Å². The zero-order valence-corrected chi connectivity index (χ0v) is 15.2. The first-order valence-electron chi connectivity index (χ1n) is 8.55. The van der Waals surface area contributed by atoms with E-state index in [-0.39, 0.29) is 11.9 Å². The Bertz CT molecular complexity index is 887. The minimum atomic E-state index is -0.156. The Kier molecular flexibility index (Phi) is 5.32. The molecular weight excluding hydrogens is 324 g/mol. The van der Waals surface area contributed by atoms with E-state index in [4.69, 9.17) is 4.74 Å². The van der Waals surface area contributed by atoms with Crippen molar-refractivity contribution in [2.24, 2.45) is 0 Å². The molecule has 0 bridgehead atoms. The molecule has 0 unspecified atom stereocenters. The highest BCUT2D eigenvalue weighted by atomic mass is 16.5. The fourth-order valence-electron chi connectivity index (χ4n) is 2.77. The molecular formula is C22H22N2O2. The summed E-state index contributed by atoms with van der Waals surface area (Å²) in [5.41, 5.74) is 4.56. The quantitative estimate of drug-likeness (QED) is 0.737. The third kappa shape index (κ3) is 3.91. The van der Waals surface area contributed by atoms with E-state index in [1.165, 1.54) is 0 Å². The van der Waals surface area contributed by atoms with Gasteiger partial charge in [-0.3, -0.25) is 9.78 Å². The number of hydrogen-bond acceptors (Lipinski definition) is 3. The molecule has 0 aliphatic heterocycles. The number of nitrogens with zero attached hydrogens (tertiary/aromatic N) is 1. The number of carbonyl (C=O) groups is 1. The van der Waals surface area contributed by atoms with Crippen molar-refractivity contribution in [3.05, 3.63) is 83.7 Å². The number of carbonyl (C=O) groups excluding carboxylic acids is 1. The van der Waals surface area contributed by atoms with Crippen molar-refractivity contribution in [1.82, 2.24) is 10.3 Å². The van der Waals surface area contributed by atoms with Crippen LogP contribution in [0.4, 0.5) is 0 Å². The average Bonchev–Trinajstić information content (AvgIpc) is 2.68. The minimum absolute atomic E-state index is 0.119. The molecule has 0 aliphatic rings. The summed E-state index contributed by atoms with van der Waals surface area (Å²) in [6, 6.07) is 19.1. The van der Waals surface area contributed by atoms with Crippen LogP contribution in [-0.2, 0) is 0 Å². The van der Waals surface area contributed by atoms with Crippen LogP contribution in [0.2, 0.25) is 0 Å². The summed E-state index contributed by atoms with van der Waals surface area (Å²) in [5.74, 6) is 0.690. The largest absolute Gasteiger partial charge is 0.496 e. The fraction of sp³-hybridized carbons (Fsp3) is 0.182. The molecule has 0 radical (unpaired) electrons. The molecule has 0 saturated heterocycles. The maximum absolute atomic E-state index is 12.5. The lowest BCUT2D eigenvalue weighted by Crippen LogP contribution is -2.27. The topological polar surface area (TPSA) is 51.2 Å². The van der Waals surface area contributed by atoms with E-state index in [0.717, 1.165) is 28.1 Å². The molecule has 0 fully saturated rings. The molecule has 0 spiro atoms. The summed E-state index contributed by atoms with van der Waals surface area (Å²) in [5, 5.41) is 2.99. The number of pyridine rings is 1. The van der Waals surface area contributed by atoms with Gasteiger partial charge in [0.05, 0.1) is 18.8 Å². The normalized spacial score (nSPS) is 11.7. The van der Waals surface area contributed by atoms with Crippen LogP contribution in [0, 0.1) is 6.92 Å². The molecule has 1 atom stereocenters. The summed E-state index contributed by atoms with van der Waals surface area (Å²) in [6.07, 6.45) is 1.81. The first kappa shape index (κ1) is 17.7.